The van der Waals surface area contributed by atoms with E-state index in [9.17, 15) is 4.79 Å². The van der Waals surface area contributed by atoms with Crippen LogP contribution in [-0.4, -0.2) is 60.3 Å². The van der Waals surface area contributed by atoms with Crippen LogP contribution in [0.4, 0.5) is 0 Å². The predicted octanol–water partition coefficient (Wildman–Crippen LogP) is 2.05. The molecule has 1 amide bonds. The molecule has 1 aromatic heterocycles. The third-order valence-corrected chi connectivity index (χ3v) is 5.92. The Labute approximate surface area is 149 Å². The summed E-state index contributed by atoms with van der Waals surface area (Å²) in [6.07, 6.45) is 3.91. The van der Waals surface area contributed by atoms with Gasteiger partial charge in [-0.2, -0.15) is 0 Å². The molecule has 1 N–H and O–H groups in total. The van der Waals surface area contributed by atoms with Crippen molar-refractivity contribution in [3.63, 3.8) is 0 Å². The molecule has 0 saturated carbocycles. The number of piperidine rings is 1. The minimum Gasteiger partial charge on any atom is -0.465 e. The number of carbonyl (C=O) groups excluding carboxylic acids is 1. The fourth-order valence-corrected chi connectivity index (χ4v) is 4.71. The van der Waals surface area contributed by atoms with Crippen molar-refractivity contribution in [2.45, 2.75) is 63.8 Å². The van der Waals surface area contributed by atoms with Gasteiger partial charge in [0.15, 0.2) is 0 Å². The van der Waals surface area contributed by atoms with Gasteiger partial charge in [-0.15, -0.1) is 0 Å². The van der Waals surface area contributed by atoms with Gasteiger partial charge in [-0.05, 0) is 45.2 Å². The molecule has 0 bridgehead atoms. The zero-order valence-electron chi connectivity index (χ0n) is 15.2. The molecule has 0 aliphatic carbocycles. The average molecular weight is 347 g/mol. The van der Waals surface area contributed by atoms with Crippen LogP contribution in [0.1, 0.15) is 50.2 Å². The number of ether oxygens (including phenoxy) is 1. The van der Waals surface area contributed by atoms with Crippen LogP contribution >= 0.6 is 0 Å². The summed E-state index contributed by atoms with van der Waals surface area (Å²) < 4.78 is 11.5. The Bertz CT molecular complexity index is 617. The summed E-state index contributed by atoms with van der Waals surface area (Å²) in [6.45, 7) is 7.66. The SMILES string of the molecule is Cc1ccc([C@@H]2CCCN2C2CC(N3CCOC[C@H]3C)CC(=O)N2)o1. The van der Waals surface area contributed by atoms with Crippen LogP contribution in [0.25, 0.3) is 0 Å². The highest BCUT2D eigenvalue weighted by Crippen LogP contribution is 2.36. The van der Waals surface area contributed by atoms with Crippen LogP contribution in [0, 0.1) is 6.92 Å². The number of hydrogen-bond acceptors (Lipinski definition) is 5. The molecular weight excluding hydrogens is 318 g/mol. The topological polar surface area (TPSA) is 58.0 Å². The molecule has 3 aliphatic rings. The van der Waals surface area contributed by atoms with Gasteiger partial charge >= 0.3 is 0 Å². The fourth-order valence-electron chi connectivity index (χ4n) is 4.71. The minimum absolute atomic E-state index is 0.0965. The van der Waals surface area contributed by atoms with E-state index in [4.69, 9.17) is 9.15 Å². The van der Waals surface area contributed by atoms with E-state index in [-0.39, 0.29) is 18.1 Å². The van der Waals surface area contributed by atoms with Crippen molar-refractivity contribution < 1.29 is 13.9 Å². The average Bonchev–Trinajstić information content (AvgIpc) is 3.23. The molecule has 0 radical (unpaired) electrons. The van der Waals surface area contributed by atoms with Gasteiger partial charge in [0.05, 0.1) is 25.4 Å². The number of likely N-dealkylation sites (tertiary alicyclic amines) is 1. The van der Waals surface area contributed by atoms with E-state index in [1.54, 1.807) is 0 Å². The third-order valence-electron chi connectivity index (χ3n) is 5.92. The second kappa shape index (κ2) is 7.09. The van der Waals surface area contributed by atoms with E-state index in [1.165, 1.54) is 0 Å². The van der Waals surface area contributed by atoms with Gasteiger partial charge in [0.2, 0.25) is 5.91 Å². The molecule has 4 rings (SSSR count). The lowest BCUT2D eigenvalue weighted by molar-refractivity contribution is -0.130. The molecule has 0 spiro atoms. The highest BCUT2D eigenvalue weighted by molar-refractivity contribution is 5.77. The van der Waals surface area contributed by atoms with Gasteiger partial charge in [0.25, 0.3) is 0 Å². The van der Waals surface area contributed by atoms with Crippen LogP contribution in [0.2, 0.25) is 0 Å². The summed E-state index contributed by atoms with van der Waals surface area (Å²) in [6, 6.07) is 5.08. The molecular formula is C19H29N3O3. The minimum atomic E-state index is 0.0965. The Morgan fingerprint density at radius 1 is 1.24 bits per heavy atom. The van der Waals surface area contributed by atoms with Crippen LogP contribution in [0.15, 0.2) is 16.5 Å². The van der Waals surface area contributed by atoms with Gasteiger partial charge in [0, 0.05) is 31.6 Å². The van der Waals surface area contributed by atoms with Crippen LogP contribution in [0.3, 0.4) is 0 Å². The molecule has 4 atom stereocenters. The van der Waals surface area contributed by atoms with Crippen LogP contribution in [-0.2, 0) is 9.53 Å². The summed E-state index contributed by atoms with van der Waals surface area (Å²) in [5.74, 6) is 2.15. The lowest BCUT2D eigenvalue weighted by Gasteiger charge is -2.45. The highest BCUT2D eigenvalue weighted by atomic mass is 16.5. The highest BCUT2D eigenvalue weighted by Gasteiger charge is 2.40. The normalized spacial score (nSPS) is 35.0. The number of aryl methyl sites for hydroxylation is 1. The summed E-state index contributed by atoms with van der Waals surface area (Å²) in [5.41, 5.74) is 0. The lowest BCUT2D eigenvalue weighted by Crippen LogP contribution is -2.59. The number of morpholine rings is 1. The summed E-state index contributed by atoms with van der Waals surface area (Å²) in [4.78, 5) is 17.3. The molecule has 3 saturated heterocycles. The van der Waals surface area contributed by atoms with E-state index < -0.39 is 0 Å². The van der Waals surface area contributed by atoms with E-state index >= 15 is 0 Å². The Kier molecular flexibility index (Phi) is 4.84. The van der Waals surface area contributed by atoms with Crippen molar-refractivity contribution in [3.05, 3.63) is 23.7 Å². The fraction of sp³-hybridized carbons (Fsp3) is 0.737. The summed E-state index contributed by atoms with van der Waals surface area (Å²) >= 11 is 0. The monoisotopic (exact) mass is 347 g/mol. The van der Waals surface area contributed by atoms with Gasteiger partial charge in [-0.3, -0.25) is 14.6 Å². The van der Waals surface area contributed by atoms with Crippen LogP contribution < -0.4 is 5.32 Å². The Hall–Kier alpha value is -1.37. The number of amides is 1. The molecule has 0 aromatic carbocycles. The Balaban J connectivity index is 1.49. The zero-order chi connectivity index (χ0) is 17.4. The van der Waals surface area contributed by atoms with E-state index in [0.717, 1.165) is 57.1 Å². The smallest absolute Gasteiger partial charge is 0.222 e. The van der Waals surface area contributed by atoms with Crippen molar-refractivity contribution >= 4 is 5.91 Å². The van der Waals surface area contributed by atoms with Crippen molar-refractivity contribution in [1.82, 2.24) is 15.1 Å². The van der Waals surface area contributed by atoms with Crippen molar-refractivity contribution in [2.24, 2.45) is 0 Å². The number of hydrogen-bond donors (Lipinski definition) is 1. The van der Waals surface area contributed by atoms with E-state index in [2.05, 4.69) is 28.1 Å². The van der Waals surface area contributed by atoms with Crippen LogP contribution in [0.5, 0.6) is 0 Å². The molecule has 25 heavy (non-hydrogen) atoms. The molecule has 3 aliphatic heterocycles. The van der Waals surface area contributed by atoms with Crippen molar-refractivity contribution in [2.75, 3.05) is 26.3 Å². The number of furan rings is 1. The van der Waals surface area contributed by atoms with Gasteiger partial charge < -0.3 is 14.5 Å². The molecule has 6 heteroatoms. The maximum Gasteiger partial charge on any atom is 0.222 e. The van der Waals surface area contributed by atoms with Crippen molar-refractivity contribution in [1.29, 1.82) is 0 Å². The molecule has 1 aromatic rings. The first-order valence-corrected chi connectivity index (χ1v) is 9.57. The first-order chi connectivity index (χ1) is 12.1. The predicted molar refractivity (Wildman–Crippen MR) is 94.1 cm³/mol. The second-order valence-electron chi connectivity index (χ2n) is 7.68. The van der Waals surface area contributed by atoms with Gasteiger partial charge in [-0.25, -0.2) is 0 Å². The molecule has 138 valence electrons. The van der Waals surface area contributed by atoms with Gasteiger partial charge in [-0.1, -0.05) is 0 Å². The summed E-state index contributed by atoms with van der Waals surface area (Å²) in [7, 11) is 0. The number of carbonyl (C=O) groups is 1. The van der Waals surface area contributed by atoms with E-state index in [0.29, 0.717) is 18.5 Å². The van der Waals surface area contributed by atoms with E-state index in [1.807, 2.05) is 13.0 Å². The maximum atomic E-state index is 12.4. The molecule has 6 nitrogen and oxygen atoms in total. The first kappa shape index (κ1) is 17.1. The number of rotatable bonds is 3. The molecule has 4 heterocycles. The largest absolute Gasteiger partial charge is 0.465 e. The Morgan fingerprint density at radius 2 is 2.12 bits per heavy atom. The number of nitrogens with zero attached hydrogens (tertiary/aromatic N) is 2. The maximum absolute atomic E-state index is 12.4. The standard InChI is InChI=1S/C19H29N3O3/c1-13-12-24-9-8-21(13)15-10-18(20-19(23)11-15)22-7-3-4-16(22)17-6-5-14(2)25-17/h5-6,13,15-16,18H,3-4,7-12H2,1-2H3,(H,20,23)/t13-,15?,16+,18?/m1/s1. The van der Waals surface area contributed by atoms with Gasteiger partial charge in [0.1, 0.15) is 11.5 Å². The quantitative estimate of drug-likeness (QED) is 0.907. The zero-order valence-corrected chi connectivity index (χ0v) is 15.2. The molecule has 2 unspecified atom stereocenters. The lowest BCUT2D eigenvalue weighted by atomic mass is 9.98. The third kappa shape index (κ3) is 3.48. The summed E-state index contributed by atoms with van der Waals surface area (Å²) in [5, 5.41) is 3.24. The van der Waals surface area contributed by atoms with Crippen molar-refractivity contribution in [3.8, 4) is 0 Å². The Morgan fingerprint density at radius 3 is 2.88 bits per heavy atom. The number of nitrogens with one attached hydrogen (secondary N) is 1. The second-order valence-corrected chi connectivity index (χ2v) is 7.68. The first-order valence-electron chi connectivity index (χ1n) is 9.57. The molecule has 3 fully saturated rings.